The summed E-state index contributed by atoms with van der Waals surface area (Å²) in [5, 5.41) is 9.52. The van der Waals surface area contributed by atoms with Gasteiger partial charge in [0.25, 0.3) is 11.8 Å². The number of hydrogen-bond donors (Lipinski definition) is 2. The van der Waals surface area contributed by atoms with Gasteiger partial charge in [-0.3, -0.25) is 14.4 Å². The molecule has 5 rings (SSSR count). The van der Waals surface area contributed by atoms with Gasteiger partial charge in [-0.2, -0.15) is 13.9 Å². The molecule has 2 aromatic heterocycles. The second-order valence-electron chi connectivity index (χ2n) is 8.96. The minimum atomic E-state index is -3.39. The number of para-hydroxylation sites is 1. The van der Waals surface area contributed by atoms with E-state index in [1.165, 1.54) is 22.8 Å². The zero-order chi connectivity index (χ0) is 27.6. The molecule has 0 radical (unpaired) electrons. The molecule has 10 nitrogen and oxygen atoms in total. The third-order valence-corrected chi connectivity index (χ3v) is 5.88. The summed E-state index contributed by atoms with van der Waals surface area (Å²) in [4.78, 5) is 42.0. The van der Waals surface area contributed by atoms with Crippen LogP contribution in [0.1, 0.15) is 44.6 Å². The van der Waals surface area contributed by atoms with Crippen LogP contribution in [0.2, 0.25) is 0 Å². The van der Waals surface area contributed by atoms with Crippen LogP contribution >= 0.6 is 0 Å². The highest BCUT2D eigenvalue weighted by atomic mass is 19.3. The van der Waals surface area contributed by atoms with Crippen LogP contribution in [-0.2, 0) is 24.3 Å². The molecule has 1 aliphatic rings. The molecular weight excluding hydrogens is 512 g/mol. The number of hydrogen-bond acceptors (Lipinski definition) is 7. The van der Waals surface area contributed by atoms with Crippen molar-refractivity contribution in [2.75, 3.05) is 6.61 Å². The number of halogens is 2. The first-order chi connectivity index (χ1) is 18.7. The number of carbonyl (C=O) groups is 3. The number of ketones is 1. The van der Waals surface area contributed by atoms with Crippen LogP contribution in [-0.4, -0.2) is 44.9 Å². The monoisotopic (exact) mass is 535 g/mol. The largest absolute Gasteiger partial charge is 0.486 e. The topological polar surface area (TPSA) is 124 Å². The first kappa shape index (κ1) is 25.8. The maximum atomic E-state index is 13.4. The van der Waals surface area contributed by atoms with Gasteiger partial charge in [0.15, 0.2) is 11.4 Å². The summed E-state index contributed by atoms with van der Waals surface area (Å²) in [7, 11) is 0. The summed E-state index contributed by atoms with van der Waals surface area (Å²) in [5.74, 6) is -0.570. The highest BCUT2D eigenvalue weighted by Crippen LogP contribution is 2.26. The third kappa shape index (κ3) is 6.00. The molecule has 2 amide bonds. The lowest BCUT2D eigenvalue weighted by atomic mass is 10.0. The summed E-state index contributed by atoms with van der Waals surface area (Å²) < 4.78 is 38.1. The average molecular weight is 536 g/mol. The van der Waals surface area contributed by atoms with E-state index in [1.807, 2.05) is 0 Å². The van der Waals surface area contributed by atoms with Crippen molar-refractivity contribution < 1.29 is 32.6 Å². The van der Waals surface area contributed by atoms with Crippen molar-refractivity contribution in [2.24, 2.45) is 0 Å². The maximum Gasteiger partial charge on any atom is 0.394 e. The van der Waals surface area contributed by atoms with E-state index in [9.17, 15) is 23.2 Å². The fourth-order valence-corrected chi connectivity index (χ4v) is 4.12. The Kier molecular flexibility index (Phi) is 6.92. The molecule has 0 unspecified atom stereocenters. The second kappa shape index (κ2) is 10.5. The van der Waals surface area contributed by atoms with Gasteiger partial charge < -0.3 is 20.1 Å². The molecule has 0 spiro atoms. The van der Waals surface area contributed by atoms with Crippen LogP contribution < -0.4 is 20.1 Å². The third-order valence-electron chi connectivity index (χ3n) is 5.88. The van der Waals surface area contributed by atoms with Crippen LogP contribution in [0.5, 0.6) is 11.5 Å². The number of aromatic nitrogens is 3. The molecule has 0 bridgehead atoms. The molecule has 0 fully saturated rings. The SMILES string of the molecule is CC(F)(F)Oc1ccccc1CNC(=O)c1cc(C(=O)NCc2ccc3c(c2)CC(=O)CO3)nc2ccnn12. The van der Waals surface area contributed by atoms with Crippen molar-refractivity contribution >= 4 is 23.2 Å². The van der Waals surface area contributed by atoms with Crippen LogP contribution in [0.3, 0.4) is 0 Å². The van der Waals surface area contributed by atoms with E-state index >= 15 is 0 Å². The zero-order valence-electron chi connectivity index (χ0n) is 20.7. The number of fused-ring (bicyclic) bond motifs is 2. The number of nitrogens with one attached hydrogen (secondary N) is 2. The number of rotatable bonds is 8. The van der Waals surface area contributed by atoms with Gasteiger partial charge >= 0.3 is 6.11 Å². The standard InChI is InChI=1S/C27H23F2N5O5/c1-27(28,29)39-23-5-3-2-4-17(23)14-31-26(37)21-12-20(33-24-8-9-32-34(21)24)25(36)30-13-16-6-7-22-18(10-16)11-19(35)15-38-22/h2-10,12H,11,13-15H2,1H3,(H,30,36)(H,31,37). The van der Waals surface area contributed by atoms with Gasteiger partial charge in [-0.25, -0.2) is 9.50 Å². The molecule has 4 aromatic rings. The van der Waals surface area contributed by atoms with Crippen molar-refractivity contribution in [3.8, 4) is 11.5 Å². The minimum absolute atomic E-state index is 0.0148. The Hall–Kier alpha value is -4.87. The fraction of sp³-hybridized carbons (Fsp3) is 0.222. The lowest BCUT2D eigenvalue weighted by Gasteiger charge is -2.17. The van der Waals surface area contributed by atoms with Crippen LogP contribution in [0.25, 0.3) is 5.65 Å². The Morgan fingerprint density at radius 3 is 2.69 bits per heavy atom. The van der Waals surface area contributed by atoms with Gasteiger partial charge in [0, 0.05) is 49.7 Å². The van der Waals surface area contributed by atoms with Crippen molar-refractivity contribution in [1.29, 1.82) is 0 Å². The van der Waals surface area contributed by atoms with Gasteiger partial charge in [-0.05, 0) is 23.8 Å². The molecule has 2 aromatic carbocycles. The zero-order valence-corrected chi connectivity index (χ0v) is 20.7. The molecule has 3 heterocycles. The quantitative estimate of drug-likeness (QED) is 0.355. The van der Waals surface area contributed by atoms with E-state index < -0.39 is 17.9 Å². The maximum absolute atomic E-state index is 13.4. The van der Waals surface area contributed by atoms with Gasteiger partial charge in [0.1, 0.15) is 29.5 Å². The molecule has 0 atom stereocenters. The van der Waals surface area contributed by atoms with Crippen LogP contribution in [0, 0.1) is 0 Å². The summed E-state index contributed by atoms with van der Waals surface area (Å²) in [6.45, 7) is 0.729. The lowest BCUT2D eigenvalue weighted by molar-refractivity contribution is -0.159. The Balaban J connectivity index is 1.31. The lowest BCUT2D eigenvalue weighted by Crippen LogP contribution is -2.29. The van der Waals surface area contributed by atoms with Gasteiger partial charge in [-0.1, -0.05) is 24.3 Å². The first-order valence-electron chi connectivity index (χ1n) is 12.0. The molecule has 0 aliphatic carbocycles. The van der Waals surface area contributed by atoms with Crippen molar-refractivity contribution in [3.05, 3.63) is 88.9 Å². The molecular formula is C27H23F2N5O5. The van der Waals surface area contributed by atoms with Crippen molar-refractivity contribution in [1.82, 2.24) is 25.2 Å². The van der Waals surface area contributed by atoms with E-state index in [-0.39, 0.29) is 54.7 Å². The molecule has 2 N–H and O–H groups in total. The smallest absolute Gasteiger partial charge is 0.394 e. The van der Waals surface area contributed by atoms with Crippen molar-refractivity contribution in [2.45, 2.75) is 32.5 Å². The average Bonchev–Trinajstić information content (AvgIpc) is 3.38. The number of carbonyl (C=O) groups excluding carboxylic acids is 3. The van der Waals surface area contributed by atoms with E-state index in [2.05, 4.69) is 25.5 Å². The number of Topliss-reactive ketones (excluding diaryl/α,β-unsaturated/α-hetero) is 1. The van der Waals surface area contributed by atoms with E-state index in [0.29, 0.717) is 18.2 Å². The van der Waals surface area contributed by atoms with Gasteiger partial charge in [0.2, 0.25) is 0 Å². The molecule has 39 heavy (non-hydrogen) atoms. The Labute approximate surface area is 220 Å². The number of nitrogens with zero attached hydrogens (tertiary/aromatic N) is 3. The van der Waals surface area contributed by atoms with Gasteiger partial charge in [0.05, 0.1) is 6.20 Å². The molecule has 1 aliphatic heterocycles. The van der Waals surface area contributed by atoms with Crippen LogP contribution in [0.15, 0.2) is 60.8 Å². The predicted molar refractivity (Wildman–Crippen MR) is 134 cm³/mol. The number of benzene rings is 2. The van der Waals surface area contributed by atoms with E-state index in [4.69, 9.17) is 4.74 Å². The van der Waals surface area contributed by atoms with Crippen molar-refractivity contribution in [3.63, 3.8) is 0 Å². The van der Waals surface area contributed by atoms with Gasteiger partial charge in [-0.15, -0.1) is 0 Å². The Bertz CT molecular complexity index is 1580. The summed E-state index contributed by atoms with van der Waals surface area (Å²) >= 11 is 0. The number of ether oxygens (including phenoxy) is 2. The molecule has 12 heteroatoms. The summed E-state index contributed by atoms with van der Waals surface area (Å²) in [6, 6.07) is 14.3. The molecule has 200 valence electrons. The van der Waals surface area contributed by atoms with E-state index in [0.717, 1.165) is 11.1 Å². The van der Waals surface area contributed by atoms with E-state index in [1.54, 1.807) is 42.5 Å². The first-order valence-corrected chi connectivity index (χ1v) is 12.0. The molecule has 0 saturated carbocycles. The highest BCUT2D eigenvalue weighted by molar-refractivity contribution is 5.98. The fourth-order valence-electron chi connectivity index (χ4n) is 4.12. The number of alkyl halides is 2. The number of amides is 2. The highest BCUT2D eigenvalue weighted by Gasteiger charge is 2.25. The minimum Gasteiger partial charge on any atom is -0.486 e. The Morgan fingerprint density at radius 2 is 1.87 bits per heavy atom. The normalized spacial score (nSPS) is 12.9. The summed E-state index contributed by atoms with van der Waals surface area (Å²) in [5.41, 5.74) is 2.14. The second-order valence-corrected chi connectivity index (χ2v) is 8.96. The predicted octanol–water partition coefficient (Wildman–Crippen LogP) is 3.08. The molecule has 0 saturated heterocycles. The van der Waals surface area contributed by atoms with Crippen LogP contribution in [0.4, 0.5) is 8.78 Å². The Morgan fingerprint density at radius 1 is 1.08 bits per heavy atom. The summed E-state index contributed by atoms with van der Waals surface area (Å²) in [6.07, 6.45) is -1.69.